The summed E-state index contributed by atoms with van der Waals surface area (Å²) in [5, 5.41) is 25.6. The third-order valence-corrected chi connectivity index (χ3v) is 4.95. The summed E-state index contributed by atoms with van der Waals surface area (Å²) in [4.78, 5) is 28.3. The molecule has 0 saturated carbocycles. The molecule has 0 saturated heterocycles. The van der Waals surface area contributed by atoms with Gasteiger partial charge in [-0.05, 0) is 42.3 Å². The number of carbonyl (C=O) groups excluding carboxylic acids is 1. The Bertz CT molecular complexity index is 1330. The molecule has 4 aromatic rings. The number of benzene rings is 1. The van der Waals surface area contributed by atoms with Crippen molar-refractivity contribution in [1.29, 1.82) is 0 Å². The van der Waals surface area contributed by atoms with E-state index in [0.717, 1.165) is 18.2 Å². The van der Waals surface area contributed by atoms with Crippen molar-refractivity contribution in [2.24, 2.45) is 0 Å². The molecule has 3 N–H and O–H groups in total. The number of carbonyl (C=O) groups is 2. The van der Waals surface area contributed by atoms with Crippen LogP contribution in [0.3, 0.4) is 0 Å². The normalized spacial score (nSPS) is 10.9. The van der Waals surface area contributed by atoms with Crippen LogP contribution in [0.2, 0.25) is 0 Å². The van der Waals surface area contributed by atoms with Crippen molar-refractivity contribution < 1.29 is 28.6 Å². The summed E-state index contributed by atoms with van der Waals surface area (Å²) in [7, 11) is 0. The molecule has 0 aliphatic heterocycles. The Labute approximate surface area is 191 Å². The van der Waals surface area contributed by atoms with Gasteiger partial charge in [-0.15, -0.1) is 0 Å². The second-order valence-electron chi connectivity index (χ2n) is 7.50. The van der Waals surface area contributed by atoms with Crippen LogP contribution in [-0.2, 0) is 17.8 Å². The fourth-order valence-electron chi connectivity index (χ4n) is 3.47. The monoisotopic (exact) mass is 467 g/mol. The van der Waals surface area contributed by atoms with Gasteiger partial charge in [0.2, 0.25) is 5.91 Å². The number of hydrogen-bond donors (Lipinski definition) is 3. The zero-order valence-corrected chi connectivity index (χ0v) is 17.7. The highest BCUT2D eigenvalue weighted by atomic mass is 19.1. The summed E-state index contributed by atoms with van der Waals surface area (Å²) < 4.78 is 29.9. The molecular formula is C23H19F2N5O4. The lowest BCUT2D eigenvalue weighted by Gasteiger charge is -2.08. The van der Waals surface area contributed by atoms with E-state index in [0.29, 0.717) is 23.5 Å². The molecule has 0 spiro atoms. The first-order chi connectivity index (χ1) is 16.3. The number of aromatic hydroxyl groups is 1. The molecule has 3 aromatic heterocycles. The molecule has 0 unspecified atom stereocenters. The molecule has 0 aliphatic rings. The summed E-state index contributed by atoms with van der Waals surface area (Å²) in [5.41, 5.74) is 0.919. The highest BCUT2D eigenvalue weighted by molar-refractivity contribution is 6.00. The summed E-state index contributed by atoms with van der Waals surface area (Å²) >= 11 is 0. The molecule has 1 amide bonds. The van der Waals surface area contributed by atoms with Crippen LogP contribution in [0.4, 0.5) is 14.5 Å². The maximum absolute atomic E-state index is 13.4. The molecule has 11 heteroatoms. The second-order valence-corrected chi connectivity index (χ2v) is 7.50. The van der Waals surface area contributed by atoms with E-state index in [9.17, 15) is 28.6 Å². The van der Waals surface area contributed by atoms with Gasteiger partial charge in [-0.1, -0.05) is 0 Å². The summed E-state index contributed by atoms with van der Waals surface area (Å²) in [6.45, 7) is 0.0175. The fourth-order valence-corrected chi connectivity index (χ4v) is 3.47. The standard InChI is InChI=1S/C23H19F2N5O4/c24-15-7-14(8-16(25)9-15)11-29-12-19(23(33)34)20(13-29)28-22(32)4-1-17-5-6-27-30(17)21-3-2-18(31)10-26-21/h2-3,5-10,12-13,31H,1,4,11H2,(H,28,32)(H,33,34). The number of rotatable bonds is 8. The first kappa shape index (κ1) is 22.6. The molecule has 0 atom stereocenters. The van der Waals surface area contributed by atoms with Gasteiger partial charge in [-0.3, -0.25) is 4.79 Å². The number of pyridine rings is 1. The van der Waals surface area contributed by atoms with Gasteiger partial charge in [-0.25, -0.2) is 23.2 Å². The van der Waals surface area contributed by atoms with Gasteiger partial charge in [0, 0.05) is 43.3 Å². The number of nitrogens with one attached hydrogen (secondary N) is 1. The first-order valence-corrected chi connectivity index (χ1v) is 10.1. The quantitative estimate of drug-likeness (QED) is 0.365. The van der Waals surface area contributed by atoms with Crippen LogP contribution in [0.5, 0.6) is 5.75 Å². The summed E-state index contributed by atoms with van der Waals surface area (Å²) in [6, 6.07) is 7.81. The number of aromatic carboxylic acids is 1. The van der Waals surface area contributed by atoms with Crippen molar-refractivity contribution in [3.05, 3.63) is 89.6 Å². The van der Waals surface area contributed by atoms with Gasteiger partial charge in [0.05, 0.1) is 11.9 Å². The molecule has 0 radical (unpaired) electrons. The van der Waals surface area contributed by atoms with E-state index in [1.165, 1.54) is 33.9 Å². The predicted molar refractivity (Wildman–Crippen MR) is 117 cm³/mol. The Hall–Kier alpha value is -4.54. The number of hydrogen-bond acceptors (Lipinski definition) is 5. The minimum absolute atomic E-state index is 0.0144. The number of anilines is 1. The third-order valence-electron chi connectivity index (χ3n) is 4.95. The summed E-state index contributed by atoms with van der Waals surface area (Å²) in [5.74, 6) is -2.68. The van der Waals surface area contributed by atoms with Crippen molar-refractivity contribution in [1.82, 2.24) is 19.3 Å². The van der Waals surface area contributed by atoms with Gasteiger partial charge in [0.25, 0.3) is 0 Å². The Balaban J connectivity index is 1.44. The lowest BCUT2D eigenvalue weighted by molar-refractivity contribution is -0.116. The number of carboxylic acids is 1. The molecule has 0 fully saturated rings. The van der Waals surface area contributed by atoms with E-state index in [2.05, 4.69) is 15.4 Å². The largest absolute Gasteiger partial charge is 0.506 e. The number of aromatic nitrogens is 4. The van der Waals surface area contributed by atoms with Gasteiger partial charge in [-0.2, -0.15) is 5.10 Å². The molecule has 4 rings (SSSR count). The third kappa shape index (κ3) is 5.26. The Kier molecular flexibility index (Phi) is 6.35. The fraction of sp³-hybridized carbons (Fsp3) is 0.130. The van der Waals surface area contributed by atoms with Gasteiger partial charge in [0.15, 0.2) is 5.82 Å². The van der Waals surface area contributed by atoms with Crippen molar-refractivity contribution in [3.8, 4) is 11.6 Å². The maximum Gasteiger partial charge on any atom is 0.339 e. The lowest BCUT2D eigenvalue weighted by atomic mass is 10.2. The van der Waals surface area contributed by atoms with Crippen LogP contribution in [-0.4, -0.2) is 41.4 Å². The summed E-state index contributed by atoms with van der Waals surface area (Å²) in [6.07, 6.45) is 5.84. The van der Waals surface area contributed by atoms with Crippen LogP contribution in [0.15, 0.2) is 61.2 Å². The highest BCUT2D eigenvalue weighted by Gasteiger charge is 2.17. The topological polar surface area (TPSA) is 122 Å². The zero-order chi connectivity index (χ0) is 24.2. The van der Waals surface area contributed by atoms with Gasteiger partial charge >= 0.3 is 5.97 Å². The predicted octanol–water partition coefficient (Wildman–Crippen LogP) is 3.37. The molecule has 9 nitrogen and oxygen atoms in total. The van der Waals surface area contributed by atoms with Crippen molar-refractivity contribution in [2.45, 2.75) is 19.4 Å². The average Bonchev–Trinajstić information content (AvgIpc) is 3.39. The van der Waals surface area contributed by atoms with Crippen molar-refractivity contribution in [3.63, 3.8) is 0 Å². The van der Waals surface area contributed by atoms with Crippen LogP contribution in [0.25, 0.3) is 5.82 Å². The van der Waals surface area contributed by atoms with E-state index in [4.69, 9.17) is 0 Å². The Morgan fingerprint density at radius 3 is 2.50 bits per heavy atom. The van der Waals surface area contributed by atoms with Crippen LogP contribution in [0.1, 0.15) is 28.0 Å². The van der Waals surface area contributed by atoms with E-state index in [-0.39, 0.29) is 30.0 Å². The van der Waals surface area contributed by atoms with Crippen LogP contribution in [0, 0.1) is 11.6 Å². The molecule has 174 valence electrons. The highest BCUT2D eigenvalue weighted by Crippen LogP contribution is 2.20. The minimum Gasteiger partial charge on any atom is -0.506 e. The smallest absolute Gasteiger partial charge is 0.339 e. The van der Waals surface area contributed by atoms with Crippen molar-refractivity contribution in [2.75, 3.05) is 5.32 Å². The maximum atomic E-state index is 13.4. The number of amides is 1. The van der Waals surface area contributed by atoms with E-state index < -0.39 is 23.5 Å². The number of halogens is 2. The second kappa shape index (κ2) is 9.53. The van der Waals surface area contributed by atoms with Gasteiger partial charge < -0.3 is 20.1 Å². The molecular weight excluding hydrogens is 448 g/mol. The number of aryl methyl sites for hydroxylation is 1. The molecule has 3 heterocycles. The molecule has 34 heavy (non-hydrogen) atoms. The SMILES string of the molecule is O=C(CCc1ccnn1-c1ccc(O)cn1)Nc1cn(Cc2cc(F)cc(F)c2)cc1C(=O)O. The molecule has 0 bridgehead atoms. The van der Waals surface area contributed by atoms with Crippen LogP contribution < -0.4 is 5.32 Å². The Morgan fingerprint density at radius 2 is 1.82 bits per heavy atom. The van der Waals surface area contributed by atoms with E-state index in [1.807, 2.05) is 0 Å². The number of carboxylic acid groups (broad SMARTS) is 1. The van der Waals surface area contributed by atoms with Crippen molar-refractivity contribution >= 4 is 17.6 Å². The molecule has 0 aliphatic carbocycles. The minimum atomic E-state index is -1.25. The first-order valence-electron chi connectivity index (χ1n) is 10.1. The zero-order valence-electron chi connectivity index (χ0n) is 17.7. The van der Waals surface area contributed by atoms with E-state index in [1.54, 1.807) is 18.3 Å². The lowest BCUT2D eigenvalue weighted by Crippen LogP contribution is -2.15. The van der Waals surface area contributed by atoms with Gasteiger partial charge in [0.1, 0.15) is 22.9 Å². The number of nitrogens with zero attached hydrogens (tertiary/aromatic N) is 4. The van der Waals surface area contributed by atoms with E-state index >= 15 is 0 Å². The molecule has 1 aromatic carbocycles. The Morgan fingerprint density at radius 1 is 1.06 bits per heavy atom. The average molecular weight is 467 g/mol. The van der Waals surface area contributed by atoms with Crippen LogP contribution >= 0.6 is 0 Å².